The van der Waals surface area contributed by atoms with Crippen LogP contribution in [0.15, 0.2) is 6.33 Å². The monoisotopic (exact) mass is 180 g/mol. The van der Waals surface area contributed by atoms with Crippen LogP contribution in [0.4, 0.5) is 5.95 Å². The number of carbonyl (C=O) groups is 2. The second-order valence-electron chi connectivity index (χ2n) is 2.99. The molecule has 1 aromatic heterocycles. The van der Waals surface area contributed by atoms with Gasteiger partial charge in [-0.1, -0.05) is 6.92 Å². The Morgan fingerprint density at radius 3 is 2.85 bits per heavy atom. The van der Waals surface area contributed by atoms with E-state index in [-0.39, 0.29) is 30.1 Å². The Hall–Kier alpha value is -1.72. The summed E-state index contributed by atoms with van der Waals surface area (Å²) in [6.07, 6.45) is 1.58. The zero-order valence-electron chi connectivity index (χ0n) is 7.02. The predicted molar refractivity (Wildman–Crippen MR) is 42.7 cm³/mol. The van der Waals surface area contributed by atoms with Crippen LogP contribution in [0.3, 0.4) is 0 Å². The normalized spacial score (nSPS) is 22.8. The molecule has 0 radical (unpaired) electrons. The van der Waals surface area contributed by atoms with E-state index in [0.29, 0.717) is 0 Å². The van der Waals surface area contributed by atoms with Crippen molar-refractivity contribution in [1.29, 1.82) is 0 Å². The van der Waals surface area contributed by atoms with Gasteiger partial charge in [0.15, 0.2) is 0 Å². The summed E-state index contributed by atoms with van der Waals surface area (Å²) in [6, 6.07) is 0. The average molecular weight is 180 g/mol. The summed E-state index contributed by atoms with van der Waals surface area (Å²) in [5, 5.41) is 7.12. The maximum absolute atomic E-state index is 11.4. The highest BCUT2D eigenvalue weighted by Gasteiger charge is 2.38. The zero-order valence-corrected chi connectivity index (χ0v) is 7.02. The lowest BCUT2D eigenvalue weighted by Crippen LogP contribution is -2.30. The molecule has 2 amide bonds. The highest BCUT2D eigenvalue weighted by molar-refractivity contribution is 6.19. The molecule has 1 aliphatic heterocycles. The van der Waals surface area contributed by atoms with Gasteiger partial charge in [0, 0.05) is 12.3 Å². The van der Waals surface area contributed by atoms with E-state index >= 15 is 0 Å². The van der Waals surface area contributed by atoms with Gasteiger partial charge < -0.3 is 4.98 Å². The fourth-order valence-electron chi connectivity index (χ4n) is 1.31. The smallest absolute Gasteiger partial charge is 0.239 e. The Morgan fingerprint density at radius 1 is 1.62 bits per heavy atom. The molecule has 0 aromatic carbocycles. The molecule has 1 N–H and O–H groups in total. The second kappa shape index (κ2) is 2.65. The van der Waals surface area contributed by atoms with Crippen molar-refractivity contribution in [3.05, 3.63) is 6.33 Å². The van der Waals surface area contributed by atoms with Crippen molar-refractivity contribution in [2.45, 2.75) is 13.3 Å². The Bertz CT molecular complexity index is 345. The van der Waals surface area contributed by atoms with Crippen molar-refractivity contribution in [3.8, 4) is 0 Å². The summed E-state index contributed by atoms with van der Waals surface area (Å²) in [4.78, 5) is 26.4. The molecule has 1 aromatic rings. The summed E-state index contributed by atoms with van der Waals surface area (Å²) in [5.41, 5.74) is 0. The van der Waals surface area contributed by atoms with E-state index in [4.69, 9.17) is 0 Å². The quantitative estimate of drug-likeness (QED) is 0.602. The molecular formula is C7H8N4O2. The molecule has 68 valence electrons. The van der Waals surface area contributed by atoms with Gasteiger partial charge in [-0.2, -0.15) is 0 Å². The third-order valence-corrected chi connectivity index (χ3v) is 1.99. The number of imide groups is 1. The van der Waals surface area contributed by atoms with Crippen molar-refractivity contribution in [2.24, 2.45) is 5.92 Å². The van der Waals surface area contributed by atoms with E-state index in [0.717, 1.165) is 4.90 Å². The Kier molecular flexibility index (Phi) is 1.61. The van der Waals surface area contributed by atoms with Gasteiger partial charge in [0.2, 0.25) is 17.8 Å². The molecule has 1 fully saturated rings. The molecule has 13 heavy (non-hydrogen) atoms. The van der Waals surface area contributed by atoms with Crippen LogP contribution >= 0.6 is 0 Å². The molecule has 6 heteroatoms. The SMILES string of the molecule is C[C@@H]1CC(=O)N(c2nnc[nH]2)C1=O. The van der Waals surface area contributed by atoms with Gasteiger partial charge in [-0.15, -0.1) is 10.2 Å². The van der Waals surface area contributed by atoms with Crippen molar-refractivity contribution >= 4 is 17.8 Å². The molecule has 1 aliphatic rings. The predicted octanol–water partition coefficient (Wildman–Crippen LogP) is -0.296. The standard InChI is InChI=1S/C7H8N4O2/c1-4-2-5(12)11(6(4)13)7-8-3-9-10-7/h3-4H,2H2,1H3,(H,8,9,10)/t4-/m1/s1. The number of hydrogen-bond donors (Lipinski definition) is 1. The Labute approximate surface area is 74.0 Å². The van der Waals surface area contributed by atoms with E-state index < -0.39 is 0 Å². The van der Waals surface area contributed by atoms with E-state index in [1.807, 2.05) is 0 Å². The number of amides is 2. The molecule has 0 bridgehead atoms. The van der Waals surface area contributed by atoms with Crippen molar-refractivity contribution < 1.29 is 9.59 Å². The zero-order chi connectivity index (χ0) is 9.42. The van der Waals surface area contributed by atoms with Gasteiger partial charge in [0.1, 0.15) is 6.33 Å². The number of H-pyrrole nitrogens is 1. The van der Waals surface area contributed by atoms with Crippen LogP contribution in [0.5, 0.6) is 0 Å². The lowest BCUT2D eigenvalue weighted by atomic mass is 10.1. The minimum atomic E-state index is -0.252. The molecule has 0 aliphatic carbocycles. The molecule has 1 atom stereocenters. The summed E-state index contributed by atoms with van der Waals surface area (Å²) in [5.74, 6) is -0.493. The largest absolute Gasteiger partial charge is 0.313 e. The number of carbonyl (C=O) groups excluding carboxylic acids is 2. The number of rotatable bonds is 1. The number of nitrogens with zero attached hydrogens (tertiary/aromatic N) is 3. The third-order valence-electron chi connectivity index (χ3n) is 1.99. The minimum Gasteiger partial charge on any atom is -0.313 e. The molecule has 0 unspecified atom stereocenters. The van der Waals surface area contributed by atoms with E-state index in [2.05, 4.69) is 15.2 Å². The molecule has 0 saturated carbocycles. The summed E-state index contributed by atoms with van der Waals surface area (Å²) >= 11 is 0. The van der Waals surface area contributed by atoms with Crippen LogP contribution in [0.25, 0.3) is 0 Å². The third kappa shape index (κ3) is 1.10. The van der Waals surface area contributed by atoms with Gasteiger partial charge in [-0.25, -0.2) is 4.90 Å². The van der Waals surface area contributed by atoms with Crippen LogP contribution in [0.1, 0.15) is 13.3 Å². The van der Waals surface area contributed by atoms with Crippen LogP contribution in [0, 0.1) is 5.92 Å². The maximum atomic E-state index is 11.4. The lowest BCUT2D eigenvalue weighted by molar-refractivity contribution is -0.122. The topological polar surface area (TPSA) is 79.0 Å². The van der Waals surface area contributed by atoms with Gasteiger partial charge in [-0.05, 0) is 0 Å². The fraction of sp³-hybridized carbons (Fsp3) is 0.429. The molecule has 1 saturated heterocycles. The summed E-state index contributed by atoms with van der Waals surface area (Å²) in [7, 11) is 0. The molecule has 2 heterocycles. The second-order valence-corrected chi connectivity index (χ2v) is 2.99. The van der Waals surface area contributed by atoms with Gasteiger partial charge >= 0.3 is 0 Å². The average Bonchev–Trinajstić information content (AvgIpc) is 2.63. The fourth-order valence-corrected chi connectivity index (χ4v) is 1.31. The summed E-state index contributed by atoms with van der Waals surface area (Å²) in [6.45, 7) is 1.72. The minimum absolute atomic E-state index is 0.208. The van der Waals surface area contributed by atoms with Crippen molar-refractivity contribution in [1.82, 2.24) is 15.2 Å². The molecule has 6 nitrogen and oxygen atoms in total. The lowest BCUT2D eigenvalue weighted by Gasteiger charge is -2.08. The first kappa shape index (κ1) is 7.90. The van der Waals surface area contributed by atoms with Gasteiger partial charge in [-0.3, -0.25) is 9.59 Å². The number of aromatic amines is 1. The van der Waals surface area contributed by atoms with Gasteiger partial charge in [0.25, 0.3) is 0 Å². The van der Waals surface area contributed by atoms with Crippen LogP contribution in [-0.2, 0) is 9.59 Å². The van der Waals surface area contributed by atoms with E-state index in [1.165, 1.54) is 6.33 Å². The Morgan fingerprint density at radius 2 is 2.38 bits per heavy atom. The van der Waals surface area contributed by atoms with E-state index in [9.17, 15) is 9.59 Å². The number of anilines is 1. The van der Waals surface area contributed by atoms with Crippen molar-refractivity contribution in [2.75, 3.05) is 4.90 Å². The first-order chi connectivity index (χ1) is 6.20. The van der Waals surface area contributed by atoms with E-state index in [1.54, 1.807) is 6.92 Å². The highest BCUT2D eigenvalue weighted by Crippen LogP contribution is 2.22. The maximum Gasteiger partial charge on any atom is 0.239 e. The van der Waals surface area contributed by atoms with Crippen molar-refractivity contribution in [3.63, 3.8) is 0 Å². The van der Waals surface area contributed by atoms with Crippen LogP contribution < -0.4 is 4.90 Å². The molecule has 0 spiro atoms. The number of aromatic nitrogens is 3. The molecular weight excluding hydrogens is 172 g/mol. The highest BCUT2D eigenvalue weighted by atomic mass is 16.2. The first-order valence-electron chi connectivity index (χ1n) is 3.93. The number of nitrogens with one attached hydrogen (secondary N) is 1. The number of hydrogen-bond acceptors (Lipinski definition) is 4. The summed E-state index contributed by atoms with van der Waals surface area (Å²) < 4.78 is 0. The van der Waals surface area contributed by atoms with Gasteiger partial charge in [0.05, 0.1) is 0 Å². The van der Waals surface area contributed by atoms with Crippen LogP contribution in [0.2, 0.25) is 0 Å². The first-order valence-corrected chi connectivity index (χ1v) is 3.93. The Balaban J connectivity index is 2.34. The molecule has 2 rings (SSSR count). The van der Waals surface area contributed by atoms with Crippen LogP contribution in [-0.4, -0.2) is 27.0 Å².